The number of methoxy groups -OCH3 is 1. The van der Waals surface area contributed by atoms with Crippen molar-refractivity contribution in [2.24, 2.45) is 0 Å². The van der Waals surface area contributed by atoms with Gasteiger partial charge in [0.05, 0.1) is 12.6 Å². The van der Waals surface area contributed by atoms with E-state index in [1.807, 2.05) is 36.4 Å². The minimum absolute atomic E-state index is 0.0409. The van der Waals surface area contributed by atoms with Crippen LogP contribution in [-0.2, 0) is 0 Å². The van der Waals surface area contributed by atoms with Crippen molar-refractivity contribution in [3.05, 3.63) is 60.8 Å². The number of rotatable bonds is 3. The number of nitrogen functional groups attached to an aromatic ring is 1. The second kappa shape index (κ2) is 5.87. The van der Waals surface area contributed by atoms with Crippen LogP contribution in [0.2, 0.25) is 0 Å². The zero-order chi connectivity index (χ0) is 17.4. The van der Waals surface area contributed by atoms with Crippen molar-refractivity contribution in [3.8, 4) is 23.0 Å². The predicted octanol–water partition coefficient (Wildman–Crippen LogP) is 4.48. The van der Waals surface area contributed by atoms with Gasteiger partial charge in [0.15, 0.2) is 11.5 Å². The Kier molecular flexibility index (Phi) is 3.54. The number of benzene rings is 3. The van der Waals surface area contributed by atoms with E-state index in [-0.39, 0.29) is 5.75 Å². The first kappa shape index (κ1) is 15.1. The summed E-state index contributed by atoms with van der Waals surface area (Å²) in [5, 5.41) is 12.8. The average molecular weight is 332 g/mol. The number of anilines is 1. The van der Waals surface area contributed by atoms with Gasteiger partial charge in [-0.1, -0.05) is 12.1 Å². The molecule has 0 saturated heterocycles. The number of nitrogens with zero attached hydrogens (tertiary/aromatic N) is 1. The number of phenols is 1. The first-order valence-corrected chi connectivity index (χ1v) is 7.77. The molecular formula is C20H16N2O3. The standard InChI is InChI=1S/C20H16N2O3/c1-24-20-11-17-16(10-18(20)23)19(6-7-22-17)25-15-5-3-12-2-4-14(21)8-13(12)9-15/h2-11,23H,21H2,1H3. The fourth-order valence-electron chi connectivity index (χ4n) is 2.82. The van der Waals surface area contributed by atoms with Crippen LogP contribution in [0.4, 0.5) is 5.69 Å². The van der Waals surface area contributed by atoms with Gasteiger partial charge in [0.1, 0.15) is 11.5 Å². The van der Waals surface area contributed by atoms with Gasteiger partial charge in [-0.15, -0.1) is 0 Å². The number of hydrogen-bond donors (Lipinski definition) is 2. The molecule has 0 aliphatic heterocycles. The fraction of sp³-hybridized carbons (Fsp3) is 0.0500. The van der Waals surface area contributed by atoms with E-state index in [1.54, 1.807) is 24.4 Å². The highest BCUT2D eigenvalue weighted by Gasteiger charge is 2.10. The van der Waals surface area contributed by atoms with Gasteiger partial charge in [-0.05, 0) is 47.2 Å². The second-order valence-corrected chi connectivity index (χ2v) is 5.72. The minimum Gasteiger partial charge on any atom is -0.504 e. The summed E-state index contributed by atoms with van der Waals surface area (Å²) in [5.74, 6) is 1.70. The number of phenolic OH excluding ortho intramolecular Hbond substituents is 1. The van der Waals surface area contributed by atoms with Crippen molar-refractivity contribution in [3.63, 3.8) is 0 Å². The summed E-state index contributed by atoms with van der Waals surface area (Å²) in [6, 6.07) is 16.6. The lowest BCUT2D eigenvalue weighted by molar-refractivity contribution is 0.374. The summed E-state index contributed by atoms with van der Waals surface area (Å²) in [6.07, 6.45) is 1.66. The highest BCUT2D eigenvalue weighted by molar-refractivity contribution is 5.89. The summed E-state index contributed by atoms with van der Waals surface area (Å²) in [7, 11) is 1.50. The smallest absolute Gasteiger partial charge is 0.162 e. The van der Waals surface area contributed by atoms with Gasteiger partial charge in [-0.2, -0.15) is 0 Å². The molecular weight excluding hydrogens is 316 g/mol. The molecule has 3 aromatic carbocycles. The van der Waals surface area contributed by atoms with Crippen LogP contribution in [-0.4, -0.2) is 17.2 Å². The Balaban J connectivity index is 1.79. The molecule has 1 aromatic heterocycles. The van der Waals surface area contributed by atoms with Crippen LogP contribution in [0, 0.1) is 0 Å². The molecule has 0 atom stereocenters. The predicted molar refractivity (Wildman–Crippen MR) is 98.4 cm³/mol. The molecule has 0 bridgehead atoms. The van der Waals surface area contributed by atoms with Crippen LogP contribution in [0.25, 0.3) is 21.7 Å². The SMILES string of the molecule is COc1cc2nccc(Oc3ccc4ccc(N)cc4c3)c2cc1O. The fourth-order valence-corrected chi connectivity index (χ4v) is 2.82. The third kappa shape index (κ3) is 2.76. The number of hydrogen-bond acceptors (Lipinski definition) is 5. The molecule has 4 rings (SSSR count). The van der Waals surface area contributed by atoms with E-state index in [0.29, 0.717) is 33.8 Å². The summed E-state index contributed by atoms with van der Waals surface area (Å²) < 4.78 is 11.2. The molecule has 0 unspecified atom stereocenters. The number of aromatic nitrogens is 1. The minimum atomic E-state index is 0.0409. The third-order valence-electron chi connectivity index (χ3n) is 4.07. The van der Waals surface area contributed by atoms with Crippen LogP contribution in [0.15, 0.2) is 60.8 Å². The molecule has 5 nitrogen and oxygen atoms in total. The maximum absolute atomic E-state index is 10.0. The molecule has 0 fully saturated rings. The van der Waals surface area contributed by atoms with Gasteiger partial charge in [-0.3, -0.25) is 4.98 Å². The number of aromatic hydroxyl groups is 1. The third-order valence-corrected chi connectivity index (χ3v) is 4.07. The van der Waals surface area contributed by atoms with E-state index in [2.05, 4.69) is 4.98 Å². The largest absolute Gasteiger partial charge is 0.504 e. The molecule has 0 spiro atoms. The normalized spacial score (nSPS) is 10.9. The maximum atomic E-state index is 10.0. The maximum Gasteiger partial charge on any atom is 0.162 e. The molecule has 4 aromatic rings. The molecule has 5 heteroatoms. The van der Waals surface area contributed by atoms with Crippen LogP contribution < -0.4 is 15.2 Å². The molecule has 124 valence electrons. The van der Waals surface area contributed by atoms with Crippen molar-refractivity contribution in [2.75, 3.05) is 12.8 Å². The first-order valence-electron chi connectivity index (χ1n) is 7.77. The van der Waals surface area contributed by atoms with Crippen molar-refractivity contribution in [2.45, 2.75) is 0 Å². The Labute approximate surface area is 144 Å². The molecule has 0 saturated carbocycles. The highest BCUT2D eigenvalue weighted by atomic mass is 16.5. The zero-order valence-electron chi connectivity index (χ0n) is 13.6. The molecule has 0 aliphatic carbocycles. The quantitative estimate of drug-likeness (QED) is 0.541. The Morgan fingerprint density at radius 2 is 1.76 bits per heavy atom. The van der Waals surface area contributed by atoms with Crippen LogP contribution in [0.3, 0.4) is 0 Å². The average Bonchev–Trinajstić information content (AvgIpc) is 2.61. The van der Waals surface area contributed by atoms with Crippen molar-refractivity contribution in [1.82, 2.24) is 4.98 Å². The lowest BCUT2D eigenvalue weighted by atomic mass is 10.1. The van der Waals surface area contributed by atoms with Crippen molar-refractivity contribution >= 4 is 27.4 Å². The Morgan fingerprint density at radius 1 is 0.920 bits per heavy atom. The van der Waals surface area contributed by atoms with E-state index in [4.69, 9.17) is 15.2 Å². The monoisotopic (exact) mass is 332 g/mol. The molecule has 0 radical (unpaired) electrons. The van der Waals surface area contributed by atoms with E-state index in [1.165, 1.54) is 7.11 Å². The number of ether oxygens (including phenoxy) is 2. The molecule has 25 heavy (non-hydrogen) atoms. The summed E-state index contributed by atoms with van der Waals surface area (Å²) >= 11 is 0. The van der Waals surface area contributed by atoms with Gasteiger partial charge < -0.3 is 20.3 Å². The van der Waals surface area contributed by atoms with Gasteiger partial charge in [0, 0.05) is 23.3 Å². The molecule has 0 amide bonds. The number of fused-ring (bicyclic) bond motifs is 2. The first-order chi connectivity index (χ1) is 12.1. The Bertz CT molecular complexity index is 1090. The number of nitrogens with two attached hydrogens (primary N) is 1. The Hall–Kier alpha value is -3.47. The van der Waals surface area contributed by atoms with Crippen molar-refractivity contribution in [1.29, 1.82) is 0 Å². The van der Waals surface area contributed by atoms with Crippen LogP contribution >= 0.6 is 0 Å². The second-order valence-electron chi connectivity index (χ2n) is 5.72. The number of pyridine rings is 1. The summed E-state index contributed by atoms with van der Waals surface area (Å²) in [4.78, 5) is 4.31. The lowest BCUT2D eigenvalue weighted by Crippen LogP contribution is -1.90. The van der Waals surface area contributed by atoms with Gasteiger partial charge in [0.25, 0.3) is 0 Å². The Morgan fingerprint density at radius 3 is 2.60 bits per heavy atom. The van der Waals surface area contributed by atoms with Crippen LogP contribution in [0.5, 0.6) is 23.0 Å². The van der Waals surface area contributed by atoms with E-state index < -0.39 is 0 Å². The van der Waals surface area contributed by atoms with E-state index in [9.17, 15) is 5.11 Å². The zero-order valence-corrected chi connectivity index (χ0v) is 13.6. The van der Waals surface area contributed by atoms with E-state index in [0.717, 1.165) is 10.8 Å². The topological polar surface area (TPSA) is 77.6 Å². The van der Waals surface area contributed by atoms with Gasteiger partial charge in [-0.25, -0.2) is 0 Å². The van der Waals surface area contributed by atoms with E-state index >= 15 is 0 Å². The molecule has 3 N–H and O–H groups in total. The molecule has 0 aliphatic rings. The molecule has 1 heterocycles. The lowest BCUT2D eigenvalue weighted by Gasteiger charge is -2.11. The summed E-state index contributed by atoms with van der Waals surface area (Å²) in [6.45, 7) is 0. The summed E-state index contributed by atoms with van der Waals surface area (Å²) in [5.41, 5.74) is 7.24. The van der Waals surface area contributed by atoms with Crippen molar-refractivity contribution < 1.29 is 14.6 Å². The van der Waals surface area contributed by atoms with Gasteiger partial charge in [0.2, 0.25) is 0 Å². The van der Waals surface area contributed by atoms with Gasteiger partial charge >= 0.3 is 0 Å². The highest BCUT2D eigenvalue weighted by Crippen LogP contribution is 2.36. The van der Waals surface area contributed by atoms with Crippen LogP contribution in [0.1, 0.15) is 0 Å².